The van der Waals surface area contributed by atoms with Crippen LogP contribution in [-0.4, -0.2) is 61.7 Å². The number of piperazine rings is 1. The number of fused-ring (bicyclic) bond motifs is 1. The minimum atomic E-state index is -0.0390. The van der Waals surface area contributed by atoms with E-state index in [1.54, 1.807) is 28.7 Å². The second kappa shape index (κ2) is 10.1. The number of benzene rings is 1. The first-order valence-corrected chi connectivity index (χ1v) is 11.9. The van der Waals surface area contributed by atoms with Crippen LogP contribution in [0.2, 0.25) is 0 Å². The van der Waals surface area contributed by atoms with Gasteiger partial charge in [-0.1, -0.05) is 17.4 Å². The monoisotopic (exact) mass is 442 g/mol. The lowest BCUT2D eigenvalue weighted by molar-refractivity contribution is -0.116. The van der Waals surface area contributed by atoms with Crippen molar-refractivity contribution in [1.29, 1.82) is 0 Å². The molecule has 158 valence electrons. The molecule has 2 aromatic heterocycles. The second-order valence-electron chi connectivity index (χ2n) is 7.03. The molecule has 1 saturated heterocycles. The summed E-state index contributed by atoms with van der Waals surface area (Å²) < 4.78 is 6.76. The number of carbonyl (C=O) groups is 1. The number of hydrogen-bond acceptors (Lipinski definition) is 7. The molecule has 0 aliphatic carbocycles. The normalized spacial score (nSPS) is 15.2. The van der Waals surface area contributed by atoms with Crippen LogP contribution in [0.3, 0.4) is 0 Å². The maximum atomic E-state index is 11.9. The molecule has 0 saturated carbocycles. The molecule has 0 atom stereocenters. The Morgan fingerprint density at radius 3 is 2.90 bits per heavy atom. The summed E-state index contributed by atoms with van der Waals surface area (Å²) in [6.45, 7) is 8.04. The van der Waals surface area contributed by atoms with E-state index < -0.39 is 0 Å². The van der Waals surface area contributed by atoms with Gasteiger partial charge in [-0.3, -0.25) is 9.69 Å². The van der Waals surface area contributed by atoms with Crippen LogP contribution in [0.15, 0.2) is 41.8 Å². The molecule has 1 aromatic carbocycles. The fourth-order valence-corrected chi connectivity index (χ4v) is 5.05. The Labute approximate surface area is 184 Å². The van der Waals surface area contributed by atoms with Crippen molar-refractivity contribution in [2.24, 2.45) is 0 Å². The molecule has 3 heterocycles. The highest BCUT2D eigenvalue weighted by molar-refractivity contribution is 7.22. The van der Waals surface area contributed by atoms with Crippen LogP contribution >= 0.6 is 22.7 Å². The predicted octanol–water partition coefficient (Wildman–Crippen LogP) is 3.71. The number of ether oxygens (including phenoxy) is 1. The second-order valence-corrected chi connectivity index (χ2v) is 9.02. The van der Waals surface area contributed by atoms with E-state index in [4.69, 9.17) is 9.72 Å². The van der Waals surface area contributed by atoms with Crippen molar-refractivity contribution in [3.63, 3.8) is 0 Å². The largest absolute Gasteiger partial charge is 0.494 e. The molecule has 30 heavy (non-hydrogen) atoms. The summed E-state index contributed by atoms with van der Waals surface area (Å²) in [5.41, 5.74) is 1.03. The van der Waals surface area contributed by atoms with Gasteiger partial charge in [0.2, 0.25) is 5.91 Å². The zero-order chi connectivity index (χ0) is 20.8. The van der Waals surface area contributed by atoms with Gasteiger partial charge in [0.05, 0.1) is 16.8 Å². The number of nitrogens with zero attached hydrogens (tertiary/aromatic N) is 3. The first-order valence-electron chi connectivity index (χ1n) is 10.2. The summed E-state index contributed by atoms with van der Waals surface area (Å²) in [7, 11) is 0. The van der Waals surface area contributed by atoms with E-state index in [0.717, 1.165) is 58.7 Å². The van der Waals surface area contributed by atoms with Gasteiger partial charge in [-0.15, -0.1) is 11.3 Å². The van der Waals surface area contributed by atoms with Gasteiger partial charge in [0.15, 0.2) is 5.13 Å². The van der Waals surface area contributed by atoms with Gasteiger partial charge in [-0.2, -0.15) is 0 Å². The molecular formula is C22H26N4O2S2. The Bertz CT molecular complexity index is 992. The molecule has 0 radical (unpaired) electrons. The molecule has 1 aliphatic heterocycles. The number of amides is 1. The van der Waals surface area contributed by atoms with Crippen LogP contribution in [0.25, 0.3) is 16.3 Å². The Hall–Kier alpha value is -2.42. The number of anilines is 1. The summed E-state index contributed by atoms with van der Waals surface area (Å²) in [6.07, 6.45) is 3.46. The van der Waals surface area contributed by atoms with E-state index in [0.29, 0.717) is 13.2 Å². The van der Waals surface area contributed by atoms with Crippen LogP contribution in [0, 0.1) is 0 Å². The highest BCUT2D eigenvalue weighted by Crippen LogP contribution is 2.31. The van der Waals surface area contributed by atoms with Crippen molar-refractivity contribution in [2.45, 2.75) is 6.92 Å². The summed E-state index contributed by atoms with van der Waals surface area (Å²) in [5, 5.41) is 6.05. The Morgan fingerprint density at radius 2 is 2.13 bits per heavy atom. The number of rotatable bonds is 8. The highest BCUT2D eigenvalue weighted by Gasteiger charge is 2.19. The number of thiophene rings is 1. The Morgan fingerprint density at radius 1 is 1.27 bits per heavy atom. The Balaban J connectivity index is 1.22. The lowest BCUT2D eigenvalue weighted by atomic mass is 10.3. The lowest BCUT2D eigenvalue weighted by Gasteiger charge is -2.34. The molecule has 0 unspecified atom stereocenters. The number of aromatic nitrogens is 1. The van der Waals surface area contributed by atoms with Gasteiger partial charge >= 0.3 is 0 Å². The summed E-state index contributed by atoms with van der Waals surface area (Å²) in [4.78, 5) is 22.6. The molecule has 1 amide bonds. The minimum absolute atomic E-state index is 0.0390. The number of carbonyl (C=O) groups excluding carboxylic acids is 1. The molecular weight excluding hydrogens is 416 g/mol. The van der Waals surface area contributed by atoms with Crippen LogP contribution in [0.5, 0.6) is 5.75 Å². The molecule has 4 rings (SSSR count). The smallest absolute Gasteiger partial charge is 0.244 e. The third-order valence-corrected chi connectivity index (χ3v) is 6.89. The standard InChI is InChI=1S/C22H26N4O2S2/c1-2-28-17-5-7-19-20(16-17)30-22(24-19)26-13-11-25(12-14-26)10-9-23-21(27)8-6-18-4-3-15-29-18/h3-8,15-16H,2,9-14H2,1H3,(H,23,27)/b8-6+. The SMILES string of the molecule is CCOc1ccc2nc(N3CCN(CCNC(=O)/C=C/c4cccs4)CC3)sc2c1. The van der Waals surface area contributed by atoms with Crippen molar-refractivity contribution >= 4 is 50.0 Å². The van der Waals surface area contributed by atoms with Crippen LogP contribution in [0.4, 0.5) is 5.13 Å². The van der Waals surface area contributed by atoms with Crippen molar-refractivity contribution < 1.29 is 9.53 Å². The van der Waals surface area contributed by atoms with Gasteiger partial charge in [-0.25, -0.2) is 4.98 Å². The molecule has 8 heteroatoms. The van der Waals surface area contributed by atoms with Gasteiger partial charge < -0.3 is 15.0 Å². The van der Waals surface area contributed by atoms with E-state index in [1.165, 1.54) is 0 Å². The van der Waals surface area contributed by atoms with Gasteiger partial charge in [0, 0.05) is 50.2 Å². The molecule has 0 bridgehead atoms. The van der Waals surface area contributed by atoms with Crippen molar-refractivity contribution in [1.82, 2.24) is 15.2 Å². The minimum Gasteiger partial charge on any atom is -0.494 e. The molecule has 6 nitrogen and oxygen atoms in total. The number of hydrogen-bond donors (Lipinski definition) is 1. The van der Waals surface area contributed by atoms with E-state index in [9.17, 15) is 4.79 Å². The van der Waals surface area contributed by atoms with E-state index in [1.807, 2.05) is 42.6 Å². The van der Waals surface area contributed by atoms with Gasteiger partial charge in [-0.05, 0) is 42.6 Å². The summed E-state index contributed by atoms with van der Waals surface area (Å²) in [6, 6.07) is 10.1. The van der Waals surface area contributed by atoms with E-state index in [-0.39, 0.29) is 5.91 Å². The number of thiazole rings is 1. The zero-order valence-electron chi connectivity index (χ0n) is 17.0. The average Bonchev–Trinajstić information content (AvgIpc) is 3.42. The molecule has 1 N–H and O–H groups in total. The summed E-state index contributed by atoms with van der Waals surface area (Å²) in [5.74, 6) is 0.861. The van der Waals surface area contributed by atoms with Crippen LogP contribution in [0.1, 0.15) is 11.8 Å². The fourth-order valence-electron chi connectivity index (χ4n) is 3.39. The summed E-state index contributed by atoms with van der Waals surface area (Å²) >= 11 is 3.35. The zero-order valence-corrected chi connectivity index (χ0v) is 18.7. The van der Waals surface area contributed by atoms with Gasteiger partial charge in [0.25, 0.3) is 0 Å². The van der Waals surface area contributed by atoms with E-state index >= 15 is 0 Å². The Kier molecular flexibility index (Phi) is 6.99. The van der Waals surface area contributed by atoms with Crippen molar-refractivity contribution in [3.8, 4) is 5.75 Å². The molecule has 3 aromatic rings. The van der Waals surface area contributed by atoms with Crippen molar-refractivity contribution in [2.75, 3.05) is 50.8 Å². The highest BCUT2D eigenvalue weighted by atomic mass is 32.1. The van der Waals surface area contributed by atoms with Crippen LogP contribution < -0.4 is 15.0 Å². The average molecular weight is 443 g/mol. The van der Waals surface area contributed by atoms with Crippen LogP contribution in [-0.2, 0) is 4.79 Å². The first kappa shape index (κ1) is 20.8. The topological polar surface area (TPSA) is 57.7 Å². The van der Waals surface area contributed by atoms with Gasteiger partial charge in [0.1, 0.15) is 5.75 Å². The number of nitrogens with one attached hydrogen (secondary N) is 1. The lowest BCUT2D eigenvalue weighted by Crippen LogP contribution is -2.48. The maximum absolute atomic E-state index is 11.9. The van der Waals surface area contributed by atoms with E-state index in [2.05, 4.69) is 21.2 Å². The third-order valence-electron chi connectivity index (χ3n) is 4.97. The quantitative estimate of drug-likeness (QED) is 0.539. The molecule has 1 fully saturated rings. The maximum Gasteiger partial charge on any atom is 0.244 e. The fraction of sp³-hybridized carbons (Fsp3) is 0.364. The van der Waals surface area contributed by atoms with Crippen molar-refractivity contribution in [3.05, 3.63) is 46.7 Å². The first-order chi connectivity index (χ1) is 14.7. The predicted molar refractivity (Wildman–Crippen MR) is 126 cm³/mol. The third kappa shape index (κ3) is 5.38. The molecule has 0 spiro atoms. The molecule has 1 aliphatic rings.